The molecule has 1 fully saturated rings. The molecule has 3 heterocycles. The highest BCUT2D eigenvalue weighted by atomic mass is 127. The van der Waals surface area contributed by atoms with Crippen LogP contribution >= 0.6 is 22.6 Å². The van der Waals surface area contributed by atoms with Crippen LogP contribution in [0.5, 0.6) is 0 Å². The van der Waals surface area contributed by atoms with Crippen molar-refractivity contribution in [3.8, 4) is 11.4 Å². The zero-order chi connectivity index (χ0) is 22.3. The third-order valence-electron chi connectivity index (χ3n) is 5.67. The van der Waals surface area contributed by atoms with E-state index in [1.54, 1.807) is 29.9 Å². The van der Waals surface area contributed by atoms with Gasteiger partial charge in [-0.05, 0) is 31.7 Å². The second-order valence-electron chi connectivity index (χ2n) is 7.81. The molecule has 11 heteroatoms. The fourth-order valence-electron chi connectivity index (χ4n) is 3.84. The van der Waals surface area contributed by atoms with E-state index in [-0.39, 0.29) is 10.5 Å². The molecular formula is C20H25IN6O3S. The fourth-order valence-corrected chi connectivity index (χ4v) is 5.80. The van der Waals surface area contributed by atoms with Crippen molar-refractivity contribution in [2.45, 2.75) is 18.2 Å². The van der Waals surface area contributed by atoms with Gasteiger partial charge in [0.2, 0.25) is 10.0 Å². The molecule has 3 aromatic rings. The predicted octanol–water partition coefficient (Wildman–Crippen LogP) is 1.55. The van der Waals surface area contributed by atoms with Gasteiger partial charge in [-0.1, -0.05) is 28.7 Å². The number of aromatic amines is 1. The highest BCUT2D eigenvalue weighted by Crippen LogP contribution is 2.27. The van der Waals surface area contributed by atoms with Crippen molar-refractivity contribution < 1.29 is 8.42 Å². The average Bonchev–Trinajstić information content (AvgIpc) is 3.04. The first-order valence-electron chi connectivity index (χ1n) is 10.0. The minimum Gasteiger partial charge on any atom is -0.336 e. The molecule has 1 aliphatic rings. The van der Waals surface area contributed by atoms with Gasteiger partial charge in [0.05, 0.1) is 16.1 Å². The molecule has 0 unspecified atom stereocenters. The van der Waals surface area contributed by atoms with Crippen molar-refractivity contribution in [3.63, 3.8) is 0 Å². The molecule has 9 nitrogen and oxygen atoms in total. The zero-order valence-electron chi connectivity index (χ0n) is 17.7. The van der Waals surface area contributed by atoms with Crippen molar-refractivity contribution >= 4 is 43.6 Å². The Morgan fingerprint density at radius 1 is 1.16 bits per heavy atom. The quantitative estimate of drug-likeness (QED) is 0.378. The number of rotatable bonds is 5. The van der Waals surface area contributed by atoms with Gasteiger partial charge < -0.3 is 9.88 Å². The monoisotopic (exact) mass is 556 g/mol. The number of halogens is 1. The molecule has 166 valence electrons. The standard InChI is InChI=1S/C20H25IN6O3S/c1-13-4-5-14(31(29,30)27-10-8-25(2)9-11-27)12-15(13)19-22-17-16(6-7-21)24-26(3)18(17)20(28)23-19/h4-5,12H,6-11H2,1-3H3,(H,22,23,28). The summed E-state index contributed by atoms with van der Waals surface area (Å²) in [6.45, 7) is 4.19. The van der Waals surface area contributed by atoms with Gasteiger partial charge in [-0.3, -0.25) is 9.48 Å². The van der Waals surface area contributed by atoms with E-state index < -0.39 is 10.0 Å². The Bertz CT molecular complexity index is 1290. The van der Waals surface area contributed by atoms with Gasteiger partial charge in [0.15, 0.2) is 5.52 Å². The Morgan fingerprint density at radius 2 is 1.87 bits per heavy atom. The van der Waals surface area contributed by atoms with Crippen LogP contribution in [0.25, 0.3) is 22.4 Å². The summed E-state index contributed by atoms with van der Waals surface area (Å²) in [5.41, 5.74) is 2.91. The molecule has 0 aliphatic carbocycles. The number of alkyl halides is 1. The normalized spacial score (nSPS) is 16.3. The smallest absolute Gasteiger partial charge is 0.299 e. The highest BCUT2D eigenvalue weighted by Gasteiger charge is 2.28. The Labute approximate surface area is 194 Å². The predicted molar refractivity (Wildman–Crippen MR) is 128 cm³/mol. The summed E-state index contributed by atoms with van der Waals surface area (Å²) >= 11 is 2.27. The van der Waals surface area contributed by atoms with E-state index in [9.17, 15) is 13.2 Å². The summed E-state index contributed by atoms with van der Waals surface area (Å²) in [5.74, 6) is 0.355. The zero-order valence-corrected chi connectivity index (χ0v) is 20.7. The van der Waals surface area contributed by atoms with Gasteiger partial charge in [0.1, 0.15) is 5.82 Å². The summed E-state index contributed by atoms with van der Waals surface area (Å²) in [5, 5.41) is 4.46. The number of aryl methyl sites for hydroxylation is 3. The van der Waals surface area contributed by atoms with Crippen LogP contribution in [0.4, 0.5) is 0 Å². The van der Waals surface area contributed by atoms with Crippen molar-refractivity contribution in [1.82, 2.24) is 29.0 Å². The van der Waals surface area contributed by atoms with Crippen molar-refractivity contribution in [1.29, 1.82) is 0 Å². The first kappa shape index (κ1) is 22.4. The number of sulfonamides is 1. The average molecular weight is 556 g/mol. The topological polar surface area (TPSA) is 104 Å². The first-order chi connectivity index (χ1) is 14.7. The lowest BCUT2D eigenvalue weighted by atomic mass is 10.1. The van der Waals surface area contributed by atoms with Crippen LogP contribution in [0.1, 0.15) is 11.3 Å². The van der Waals surface area contributed by atoms with Crippen LogP contribution in [-0.4, -0.2) is 75.0 Å². The number of H-pyrrole nitrogens is 1. The second kappa shape index (κ2) is 8.60. The number of piperazine rings is 1. The lowest BCUT2D eigenvalue weighted by Gasteiger charge is -2.31. The van der Waals surface area contributed by atoms with E-state index in [4.69, 9.17) is 0 Å². The molecule has 0 saturated carbocycles. The molecule has 1 aliphatic heterocycles. The van der Waals surface area contributed by atoms with E-state index in [0.717, 1.165) is 15.7 Å². The van der Waals surface area contributed by atoms with Gasteiger partial charge in [-0.2, -0.15) is 14.4 Å². The number of aromatic nitrogens is 4. The number of likely N-dealkylation sites (N-methyl/N-ethyl adjacent to an activating group) is 1. The Morgan fingerprint density at radius 3 is 2.55 bits per heavy atom. The van der Waals surface area contributed by atoms with E-state index in [1.165, 1.54) is 4.31 Å². The Balaban J connectivity index is 1.81. The summed E-state index contributed by atoms with van der Waals surface area (Å²) in [6, 6.07) is 4.99. The summed E-state index contributed by atoms with van der Waals surface area (Å²) in [7, 11) is 0.0807. The molecule has 0 bridgehead atoms. The molecule has 0 radical (unpaired) electrons. The maximum Gasteiger partial charge on any atom is 0.299 e. The second-order valence-corrected chi connectivity index (χ2v) is 10.8. The number of nitrogens with zero attached hydrogens (tertiary/aromatic N) is 5. The lowest BCUT2D eigenvalue weighted by Crippen LogP contribution is -2.47. The third kappa shape index (κ3) is 4.15. The Kier molecular flexibility index (Phi) is 6.21. The lowest BCUT2D eigenvalue weighted by molar-refractivity contribution is 0.222. The van der Waals surface area contributed by atoms with Crippen molar-refractivity contribution in [2.75, 3.05) is 37.7 Å². The number of fused-ring (bicyclic) bond motifs is 1. The molecule has 0 spiro atoms. The van der Waals surface area contributed by atoms with Gasteiger partial charge in [-0.15, -0.1) is 0 Å². The van der Waals surface area contributed by atoms with Crippen LogP contribution in [-0.2, 0) is 23.5 Å². The SMILES string of the molecule is Cc1ccc(S(=O)(=O)N2CCN(C)CC2)cc1-c1nc(=O)c2c([nH]1)c(CCI)nn2C. The van der Waals surface area contributed by atoms with Crippen LogP contribution in [0, 0.1) is 6.92 Å². The summed E-state index contributed by atoms with van der Waals surface area (Å²) in [4.78, 5) is 22.5. The fraction of sp³-hybridized carbons (Fsp3) is 0.450. The van der Waals surface area contributed by atoms with Crippen LogP contribution in [0.2, 0.25) is 0 Å². The maximum absolute atomic E-state index is 13.2. The van der Waals surface area contributed by atoms with Crippen LogP contribution in [0.15, 0.2) is 27.9 Å². The molecular weight excluding hydrogens is 531 g/mol. The van der Waals surface area contributed by atoms with E-state index in [1.807, 2.05) is 14.0 Å². The number of hydrogen-bond donors (Lipinski definition) is 1. The molecule has 1 aromatic carbocycles. The van der Waals surface area contributed by atoms with E-state index in [2.05, 4.69) is 42.6 Å². The van der Waals surface area contributed by atoms with Crippen molar-refractivity contribution in [2.24, 2.45) is 7.05 Å². The first-order valence-corrected chi connectivity index (χ1v) is 13.0. The minimum absolute atomic E-state index is 0.207. The van der Waals surface area contributed by atoms with Gasteiger partial charge in [0.25, 0.3) is 5.56 Å². The molecule has 31 heavy (non-hydrogen) atoms. The van der Waals surface area contributed by atoms with Gasteiger partial charge >= 0.3 is 0 Å². The maximum atomic E-state index is 13.2. The molecule has 0 atom stereocenters. The third-order valence-corrected chi connectivity index (χ3v) is 8.11. The number of hydrogen-bond acceptors (Lipinski definition) is 6. The molecule has 4 rings (SSSR count). The highest BCUT2D eigenvalue weighted by molar-refractivity contribution is 14.1. The number of nitrogens with one attached hydrogen (secondary N) is 1. The molecule has 1 N–H and O–H groups in total. The number of benzene rings is 1. The summed E-state index contributed by atoms with van der Waals surface area (Å²) < 4.78 is 30.3. The molecule has 0 amide bonds. The molecule has 2 aromatic heterocycles. The van der Waals surface area contributed by atoms with Gasteiger partial charge in [-0.25, -0.2) is 8.42 Å². The summed E-state index contributed by atoms with van der Waals surface area (Å²) in [6.07, 6.45) is 0.716. The largest absolute Gasteiger partial charge is 0.336 e. The van der Waals surface area contributed by atoms with Gasteiger partial charge in [0, 0.05) is 49.6 Å². The molecule has 1 saturated heterocycles. The van der Waals surface area contributed by atoms with Crippen molar-refractivity contribution in [3.05, 3.63) is 39.8 Å². The minimum atomic E-state index is -3.63. The van der Waals surface area contributed by atoms with Crippen LogP contribution < -0.4 is 5.56 Å². The van der Waals surface area contributed by atoms with E-state index in [0.29, 0.717) is 55.0 Å². The Hall–Kier alpha value is -1.83. The van der Waals surface area contributed by atoms with Crippen LogP contribution in [0.3, 0.4) is 0 Å². The van der Waals surface area contributed by atoms with E-state index >= 15 is 0 Å².